The van der Waals surface area contributed by atoms with E-state index in [4.69, 9.17) is 4.74 Å². The molecule has 268 valence electrons. The first-order valence-corrected chi connectivity index (χ1v) is 18.4. The molecule has 5 aromatic rings. The van der Waals surface area contributed by atoms with E-state index in [0.717, 1.165) is 73.5 Å². The average molecular weight is 950 g/mol. The second kappa shape index (κ2) is 13.2. The van der Waals surface area contributed by atoms with Crippen molar-refractivity contribution in [3.05, 3.63) is 133 Å². The molecule has 2 saturated heterocycles. The molecule has 0 unspecified atom stereocenters. The van der Waals surface area contributed by atoms with Crippen LogP contribution in [-0.4, -0.2) is 11.2 Å². The van der Waals surface area contributed by atoms with Gasteiger partial charge in [-0.05, 0) is 76.0 Å². The molecule has 20 heterocycles. The fourth-order valence-electron chi connectivity index (χ4n) is 13.2. The van der Waals surface area contributed by atoms with E-state index in [1.165, 1.54) is 52.6 Å². The average Bonchev–Trinajstić information content (AvgIpc) is 3.82. The molecule has 5 nitrogen and oxygen atoms in total. The van der Waals surface area contributed by atoms with E-state index < -0.39 is 0 Å². The van der Waals surface area contributed by atoms with Crippen molar-refractivity contribution < 1.29 is 90.9 Å². The van der Waals surface area contributed by atoms with Gasteiger partial charge in [-0.1, -0.05) is 24.3 Å². The molecule has 14 bridgehead atoms. The Kier molecular flexibility index (Phi) is 9.29. The maximum absolute atomic E-state index is 7.62. The topological polar surface area (TPSA) is 24.8 Å². The first kappa shape index (κ1) is 36.7. The van der Waals surface area contributed by atoms with E-state index in [1.807, 2.05) is 0 Å². The third-order valence-corrected chi connectivity index (χ3v) is 14.6. The summed E-state index contributed by atoms with van der Waals surface area (Å²) in [5, 5.41) is 0. The summed E-state index contributed by atoms with van der Waals surface area (Å²) >= 11 is 0. The molecule has 10 atom stereocenters. The number of pyridine rings is 4. The minimum absolute atomic E-state index is 0. The molecule has 0 radical (unpaired) electrons. The van der Waals surface area contributed by atoms with Gasteiger partial charge in [-0.3, -0.25) is 0 Å². The molecule has 5 saturated carbocycles. The third-order valence-electron chi connectivity index (χ3n) is 14.6. The summed E-state index contributed by atoms with van der Waals surface area (Å²) < 4.78 is 17.0. The lowest BCUT2D eigenvalue weighted by Crippen LogP contribution is -3.00. The highest BCUT2D eigenvalue weighted by molar-refractivity contribution is 5.61. The monoisotopic (exact) mass is 946 g/mol. The smallest absolute Gasteiger partial charge is 0.173 e. The maximum atomic E-state index is 7.62. The summed E-state index contributed by atoms with van der Waals surface area (Å²) in [6.07, 6.45) is 21.9. The molecule has 1 aromatic carbocycles. The molecule has 16 aliphatic heterocycles. The number of benzene rings is 1. The van der Waals surface area contributed by atoms with Crippen LogP contribution in [-0.2, 0) is 30.9 Å². The van der Waals surface area contributed by atoms with Gasteiger partial charge in [0.2, 0.25) is 0 Å². The summed E-state index contributed by atoms with van der Waals surface area (Å²) in [5.41, 5.74) is 7.98. The van der Waals surface area contributed by atoms with Crippen LogP contribution in [0.4, 0.5) is 0 Å². The zero-order valence-corrected chi connectivity index (χ0v) is 35.2. The highest BCUT2D eigenvalue weighted by Gasteiger charge is 2.96. The van der Waals surface area contributed by atoms with Crippen LogP contribution >= 0.6 is 0 Å². The largest absolute Gasteiger partial charge is 1.00 e. The first-order valence-electron chi connectivity index (χ1n) is 18.4. The molecular formula is C43H42Br4N4O. The van der Waals surface area contributed by atoms with Crippen LogP contribution in [0.3, 0.4) is 0 Å². The van der Waals surface area contributed by atoms with Crippen molar-refractivity contribution >= 4 is 0 Å². The fourth-order valence-corrected chi connectivity index (χ4v) is 13.2. The molecule has 7 fully saturated rings. The zero-order valence-electron chi connectivity index (χ0n) is 28.8. The van der Waals surface area contributed by atoms with Gasteiger partial charge in [0.25, 0.3) is 0 Å². The summed E-state index contributed by atoms with van der Waals surface area (Å²) in [5.74, 6) is 7.13. The molecule has 0 amide bonds. The number of hydrogen-bond acceptors (Lipinski definition) is 1. The highest BCUT2D eigenvalue weighted by atomic mass is 79.9. The van der Waals surface area contributed by atoms with E-state index in [1.54, 1.807) is 0 Å². The number of halogens is 4. The van der Waals surface area contributed by atoms with E-state index in [0.29, 0.717) is 0 Å². The number of nitrogens with zero attached hydrogens (tertiary/aromatic N) is 4. The highest BCUT2D eigenvalue weighted by Crippen LogP contribution is 2.93. The van der Waals surface area contributed by atoms with Gasteiger partial charge in [0.1, 0.15) is 0 Å². The van der Waals surface area contributed by atoms with Crippen molar-refractivity contribution in [2.24, 2.45) is 47.3 Å². The number of ether oxygens (including phenoxy) is 1. The van der Waals surface area contributed by atoms with Gasteiger partial charge in [-0.2, -0.15) is 0 Å². The Morgan fingerprint density at radius 1 is 0.423 bits per heavy atom. The van der Waals surface area contributed by atoms with E-state index in [2.05, 4.69) is 141 Å². The Hall–Kier alpha value is -2.30. The van der Waals surface area contributed by atoms with Gasteiger partial charge in [0, 0.05) is 72.5 Å². The summed E-state index contributed by atoms with van der Waals surface area (Å²) in [7, 11) is 0. The zero-order chi connectivity index (χ0) is 31.2. The van der Waals surface area contributed by atoms with E-state index in [-0.39, 0.29) is 79.1 Å². The Morgan fingerprint density at radius 3 is 1.10 bits per heavy atom. The summed E-state index contributed by atoms with van der Waals surface area (Å²) in [6, 6.07) is 27.3. The summed E-state index contributed by atoms with van der Waals surface area (Å²) in [6.45, 7) is 3.85. The molecule has 9 heteroatoms. The van der Waals surface area contributed by atoms with Gasteiger partial charge in [-0.25, -0.2) is 18.3 Å². The lowest BCUT2D eigenvalue weighted by atomic mass is 9.54. The normalized spacial score (nSPS) is 34.2. The Labute approximate surface area is 348 Å². The SMILES string of the molecule is [Br-].[Br-].[Br-].[Br-].c1cc2ccc1C[n+]1ccc(cc1)-c1cc[n+](cc1)CC[C@@]13O[C@]4(CC[n+]5ccc(cc5)-c5cc[n+](cc5)C2)[C@@H]2[C@@H]5C[C@@H]([C@@H]6[C@H]5[C@H]4[C@@H]61)[C@@H]23. The van der Waals surface area contributed by atoms with Crippen LogP contribution in [0.25, 0.3) is 22.3 Å². The lowest BCUT2D eigenvalue weighted by Gasteiger charge is -2.47. The Bertz CT molecular complexity index is 1940. The number of aryl methyl sites for hydroxylation is 2. The van der Waals surface area contributed by atoms with Crippen molar-refractivity contribution in [3.63, 3.8) is 0 Å². The fraction of sp³-hybridized carbons (Fsp3) is 0.395. The lowest BCUT2D eigenvalue weighted by molar-refractivity contribution is -0.700. The van der Waals surface area contributed by atoms with Crippen molar-refractivity contribution in [2.45, 2.75) is 56.6 Å². The predicted molar refractivity (Wildman–Crippen MR) is 177 cm³/mol. The van der Waals surface area contributed by atoms with E-state index in [9.17, 15) is 0 Å². The van der Waals surface area contributed by atoms with E-state index >= 15 is 0 Å². The van der Waals surface area contributed by atoms with Gasteiger partial charge in [0.15, 0.2) is 75.8 Å². The Balaban J connectivity index is 0.000000967. The number of hydrogen-bond donors (Lipinski definition) is 0. The summed E-state index contributed by atoms with van der Waals surface area (Å²) in [4.78, 5) is 0. The van der Waals surface area contributed by atoms with Gasteiger partial charge >= 0.3 is 0 Å². The van der Waals surface area contributed by atoms with Crippen LogP contribution in [0.2, 0.25) is 0 Å². The Morgan fingerprint density at radius 2 is 0.750 bits per heavy atom. The molecule has 21 aliphatic rings. The van der Waals surface area contributed by atoms with Crippen molar-refractivity contribution in [3.8, 4) is 22.3 Å². The van der Waals surface area contributed by atoms with Crippen molar-refractivity contribution in [1.29, 1.82) is 0 Å². The second-order valence-corrected chi connectivity index (χ2v) is 16.3. The quantitative estimate of drug-likeness (QED) is 0.142. The molecule has 4 aromatic heterocycles. The van der Waals surface area contributed by atoms with Gasteiger partial charge < -0.3 is 72.7 Å². The molecule has 2 spiro atoms. The van der Waals surface area contributed by atoms with Crippen molar-refractivity contribution in [1.82, 2.24) is 0 Å². The standard InChI is InChI=1S/C43H42N4O.4BrH/c1-2-29-4-3-28(1)26-46-19-9-32(10-20-46)30-5-15-44(16-6-30)23-13-42-38-34-25-35-37-36(34)40(42)41(37)43(48-42,39(35)38)14-24-45-17-7-31(8-18-45)33-11-21-47(27-29)22-12-33;;;;/h1-12,15-22,34-41H,13-14,23-27H2;4*1H/q+4;;;;/p-4/t34-,35+,36+,37-,38-,39+,40+,41-,42-,43+;;;;. The molecular weight excluding hydrogens is 908 g/mol. The molecule has 26 rings (SSSR count). The molecule has 5 aliphatic carbocycles. The van der Waals surface area contributed by atoms with Crippen LogP contribution in [0.1, 0.15) is 30.4 Å². The number of rotatable bonds is 0. The van der Waals surface area contributed by atoms with Gasteiger partial charge in [-0.15, -0.1) is 0 Å². The van der Waals surface area contributed by atoms with Crippen molar-refractivity contribution in [2.75, 3.05) is 0 Å². The van der Waals surface area contributed by atoms with Crippen LogP contribution in [0.5, 0.6) is 0 Å². The molecule has 0 N–H and O–H groups in total. The molecule has 52 heavy (non-hydrogen) atoms. The minimum atomic E-state index is 0. The predicted octanol–water partition coefficient (Wildman–Crippen LogP) is -7.03. The first-order chi connectivity index (χ1) is 23.7. The van der Waals surface area contributed by atoms with Gasteiger partial charge in [0.05, 0.1) is 11.2 Å². The maximum Gasteiger partial charge on any atom is 0.173 e. The van der Waals surface area contributed by atoms with Crippen LogP contribution in [0.15, 0.2) is 122 Å². The van der Waals surface area contributed by atoms with Crippen LogP contribution in [0, 0.1) is 47.3 Å². The third kappa shape index (κ3) is 4.90. The second-order valence-electron chi connectivity index (χ2n) is 16.3. The van der Waals surface area contributed by atoms with Crippen LogP contribution < -0.4 is 86.2 Å². The number of aromatic nitrogens is 4. The minimum Gasteiger partial charge on any atom is -1.00 e.